The topological polar surface area (TPSA) is 269 Å². The number of fused-ring (bicyclic) bond motifs is 1. The highest BCUT2D eigenvalue weighted by Gasteiger charge is 2.49. The molecule has 0 aromatic heterocycles. The standard InChI is InChI=1S/C19H34N8O8/c20-3-1-2-7(21)4-10(30)24-13-14(31)15(35-18(22)33)9(6-28)34-17(13)27-19-25-11-8(29)5-23-16(32)12(11)26-19/h7-9,11-15,17,28-29,31H,1-6,20-21H2,(H2,22,33)(H,23,32)(H,24,30)(H2,25,26,27)/t7-,8+,9-,11+,12-,13+,14-,15-,17+/m0/s1. The number of aliphatic hydroxyl groups is 3. The number of nitrogens with one attached hydrogen (secondary N) is 4. The number of aliphatic imine (C=N–C) groups is 1. The first-order chi connectivity index (χ1) is 16.6. The summed E-state index contributed by atoms with van der Waals surface area (Å²) in [5.41, 5.74) is 16.5. The maximum absolute atomic E-state index is 12.7. The predicted molar refractivity (Wildman–Crippen MR) is 119 cm³/mol. The molecule has 0 aromatic carbocycles. The van der Waals surface area contributed by atoms with Crippen molar-refractivity contribution < 1.29 is 39.2 Å². The molecule has 0 spiro atoms. The molecule has 16 heteroatoms. The van der Waals surface area contributed by atoms with Gasteiger partial charge in [0, 0.05) is 19.0 Å². The van der Waals surface area contributed by atoms with Crippen molar-refractivity contribution in [3.8, 4) is 0 Å². The number of hydrogen-bond donors (Lipinski definition) is 10. The van der Waals surface area contributed by atoms with Crippen molar-refractivity contribution in [1.82, 2.24) is 21.3 Å². The van der Waals surface area contributed by atoms with Crippen LogP contribution in [-0.4, -0.2) is 114 Å². The minimum Gasteiger partial charge on any atom is -0.441 e. The summed E-state index contributed by atoms with van der Waals surface area (Å²) in [4.78, 5) is 40.3. The third-order valence-electron chi connectivity index (χ3n) is 6.06. The van der Waals surface area contributed by atoms with Crippen molar-refractivity contribution in [1.29, 1.82) is 0 Å². The van der Waals surface area contributed by atoms with E-state index in [0.717, 1.165) is 0 Å². The molecule has 2 fully saturated rings. The Kier molecular flexibility index (Phi) is 9.03. The number of β-amino-alcohol motifs (C(OH)–C–C–N with tert-alkyl or cyclic N) is 1. The molecule has 0 saturated carbocycles. The van der Waals surface area contributed by atoms with Crippen molar-refractivity contribution in [3.63, 3.8) is 0 Å². The molecule has 3 amide bonds. The smallest absolute Gasteiger partial charge is 0.404 e. The Morgan fingerprint density at radius 1 is 1.34 bits per heavy atom. The lowest BCUT2D eigenvalue weighted by molar-refractivity contribution is -0.198. The van der Waals surface area contributed by atoms with Crippen molar-refractivity contribution in [3.05, 3.63) is 0 Å². The van der Waals surface area contributed by atoms with Crippen LogP contribution in [0, 0.1) is 0 Å². The molecule has 2 saturated heterocycles. The van der Waals surface area contributed by atoms with Gasteiger partial charge in [-0.05, 0) is 19.4 Å². The zero-order valence-corrected chi connectivity index (χ0v) is 19.0. The van der Waals surface area contributed by atoms with Gasteiger partial charge in [-0.3, -0.25) is 9.59 Å². The molecule has 16 nitrogen and oxygen atoms in total. The Morgan fingerprint density at radius 2 is 2.09 bits per heavy atom. The molecule has 35 heavy (non-hydrogen) atoms. The molecule has 3 heterocycles. The summed E-state index contributed by atoms with van der Waals surface area (Å²) in [7, 11) is 0. The number of guanidine groups is 1. The van der Waals surface area contributed by atoms with E-state index in [1.54, 1.807) is 0 Å². The van der Waals surface area contributed by atoms with Crippen molar-refractivity contribution in [2.24, 2.45) is 22.2 Å². The fourth-order valence-corrected chi connectivity index (χ4v) is 4.30. The highest BCUT2D eigenvalue weighted by Crippen LogP contribution is 2.24. The van der Waals surface area contributed by atoms with E-state index in [9.17, 15) is 29.7 Å². The summed E-state index contributed by atoms with van der Waals surface area (Å²) in [6, 6.07) is -3.27. The number of rotatable bonds is 9. The fourth-order valence-electron chi connectivity index (χ4n) is 4.30. The highest BCUT2D eigenvalue weighted by atomic mass is 16.6. The summed E-state index contributed by atoms with van der Waals surface area (Å²) in [5.74, 6) is -0.828. The summed E-state index contributed by atoms with van der Waals surface area (Å²) in [6.07, 6.45) is -6.36. The van der Waals surface area contributed by atoms with E-state index in [2.05, 4.69) is 26.3 Å². The average molecular weight is 503 g/mol. The van der Waals surface area contributed by atoms with Gasteiger partial charge < -0.3 is 63.3 Å². The van der Waals surface area contributed by atoms with E-state index in [0.29, 0.717) is 19.4 Å². The zero-order chi connectivity index (χ0) is 25.7. The molecule has 0 unspecified atom stereocenters. The quantitative estimate of drug-likeness (QED) is 0.141. The average Bonchev–Trinajstić information content (AvgIpc) is 3.24. The third-order valence-corrected chi connectivity index (χ3v) is 6.06. The largest absolute Gasteiger partial charge is 0.441 e. The van der Waals surface area contributed by atoms with Gasteiger partial charge in [0.25, 0.3) is 0 Å². The normalized spacial score (nSPS) is 35.1. The van der Waals surface area contributed by atoms with Crippen LogP contribution in [0.5, 0.6) is 0 Å². The van der Waals surface area contributed by atoms with Crippen molar-refractivity contribution in [2.45, 2.75) is 74.1 Å². The predicted octanol–water partition coefficient (Wildman–Crippen LogP) is -5.75. The van der Waals surface area contributed by atoms with Crippen molar-refractivity contribution >= 4 is 23.9 Å². The number of primary amides is 1. The number of carbonyl (C=O) groups excluding carboxylic acids is 3. The maximum atomic E-state index is 12.7. The van der Waals surface area contributed by atoms with Crippen LogP contribution in [0.25, 0.3) is 0 Å². The molecule has 3 rings (SSSR count). The Bertz CT molecular complexity index is 816. The van der Waals surface area contributed by atoms with E-state index >= 15 is 0 Å². The van der Waals surface area contributed by atoms with Gasteiger partial charge in [-0.1, -0.05) is 0 Å². The highest BCUT2D eigenvalue weighted by molar-refractivity contribution is 5.92. The third kappa shape index (κ3) is 6.47. The molecule has 0 radical (unpaired) electrons. The minimum absolute atomic E-state index is 0.0518. The van der Waals surface area contributed by atoms with E-state index in [1.165, 1.54) is 0 Å². The van der Waals surface area contributed by atoms with E-state index in [4.69, 9.17) is 26.7 Å². The van der Waals surface area contributed by atoms with Crippen LogP contribution in [0.2, 0.25) is 0 Å². The van der Waals surface area contributed by atoms with Gasteiger partial charge in [-0.25, -0.2) is 9.79 Å². The Balaban J connectivity index is 1.77. The number of nitrogens with zero attached hydrogens (tertiary/aromatic N) is 1. The number of nitrogens with two attached hydrogens (primary N) is 3. The Labute approximate surface area is 200 Å². The van der Waals surface area contributed by atoms with E-state index in [-0.39, 0.29) is 24.8 Å². The minimum atomic E-state index is -1.55. The fraction of sp³-hybridized carbons (Fsp3) is 0.789. The summed E-state index contributed by atoms with van der Waals surface area (Å²) in [6.45, 7) is -0.171. The van der Waals surface area contributed by atoms with Gasteiger partial charge in [0.15, 0.2) is 24.3 Å². The van der Waals surface area contributed by atoms with Crippen LogP contribution in [0.3, 0.4) is 0 Å². The van der Waals surface area contributed by atoms with Gasteiger partial charge >= 0.3 is 6.09 Å². The molecular weight excluding hydrogens is 468 g/mol. The van der Waals surface area contributed by atoms with Gasteiger partial charge in [0.2, 0.25) is 11.8 Å². The van der Waals surface area contributed by atoms with Gasteiger partial charge in [0.05, 0.1) is 18.8 Å². The van der Waals surface area contributed by atoms with E-state index in [1.807, 2.05) is 0 Å². The lowest BCUT2D eigenvalue weighted by Gasteiger charge is -2.44. The Hall–Kier alpha value is -2.76. The monoisotopic (exact) mass is 502 g/mol. The summed E-state index contributed by atoms with van der Waals surface area (Å²) in [5, 5.41) is 41.7. The number of amides is 3. The molecular formula is C19H34N8O8. The molecule has 198 valence electrons. The first-order valence-corrected chi connectivity index (χ1v) is 11.4. The van der Waals surface area contributed by atoms with Crippen LogP contribution in [0.15, 0.2) is 4.99 Å². The van der Waals surface area contributed by atoms with Crippen LogP contribution < -0.4 is 38.5 Å². The second kappa shape index (κ2) is 11.8. The van der Waals surface area contributed by atoms with Crippen molar-refractivity contribution in [2.75, 3.05) is 19.7 Å². The molecule has 9 atom stereocenters. The van der Waals surface area contributed by atoms with Crippen LogP contribution >= 0.6 is 0 Å². The summed E-state index contributed by atoms with van der Waals surface area (Å²) >= 11 is 0. The van der Waals surface area contributed by atoms with Crippen LogP contribution in [0.1, 0.15) is 19.3 Å². The number of aliphatic hydroxyl groups excluding tert-OH is 3. The van der Waals surface area contributed by atoms with Gasteiger partial charge in [-0.2, -0.15) is 0 Å². The lowest BCUT2D eigenvalue weighted by atomic mass is 9.95. The number of hydrogen-bond acceptors (Lipinski definition) is 13. The van der Waals surface area contributed by atoms with Gasteiger partial charge in [-0.15, -0.1) is 0 Å². The van der Waals surface area contributed by atoms with Crippen LogP contribution in [0.4, 0.5) is 4.79 Å². The maximum Gasteiger partial charge on any atom is 0.404 e. The van der Waals surface area contributed by atoms with Crippen LogP contribution in [-0.2, 0) is 19.1 Å². The molecule has 0 aliphatic carbocycles. The lowest BCUT2D eigenvalue weighted by Crippen LogP contribution is -2.70. The number of carbonyl (C=O) groups is 3. The first kappa shape index (κ1) is 26.8. The molecule has 0 bridgehead atoms. The second-order valence-electron chi connectivity index (χ2n) is 8.71. The SMILES string of the molecule is NCCC[C@H](N)CC(=O)N[C@@H]1[C@H](O)[C@@H](OC(N)=O)[C@H](CO)O[C@H]1NC1=N[C@@H]2C(=O)NC[C@@H](O)[C@H]2N1. The Morgan fingerprint density at radius 3 is 2.71 bits per heavy atom. The molecule has 3 aliphatic rings. The molecule has 0 aromatic rings. The zero-order valence-electron chi connectivity index (χ0n) is 19.0. The molecule has 13 N–H and O–H groups in total. The number of ether oxygens (including phenoxy) is 2. The molecule has 3 aliphatic heterocycles. The second-order valence-corrected chi connectivity index (χ2v) is 8.71. The summed E-state index contributed by atoms with van der Waals surface area (Å²) < 4.78 is 10.7. The number of piperidine rings is 1. The first-order valence-electron chi connectivity index (χ1n) is 11.4. The van der Waals surface area contributed by atoms with Gasteiger partial charge in [0.1, 0.15) is 18.2 Å². The van der Waals surface area contributed by atoms with E-state index < -0.39 is 73.4 Å².